The number of carbonyl (C=O) groups excluding carboxylic acids is 4. The fourth-order valence-electron chi connectivity index (χ4n) is 9.85. The maximum atomic E-state index is 13.1. The van der Waals surface area contributed by atoms with E-state index in [-0.39, 0.29) is 25.7 Å². The third-order valence-corrected chi connectivity index (χ3v) is 17.7. The summed E-state index contributed by atoms with van der Waals surface area (Å²) in [5.74, 6) is -2.34. The first kappa shape index (κ1) is 100. The summed E-state index contributed by atoms with van der Waals surface area (Å²) in [5, 5.41) is 10.6. The average molecular weight is 1520 g/mol. The van der Waals surface area contributed by atoms with E-state index in [0.717, 1.165) is 173 Å². The number of ether oxygens (including phenoxy) is 4. The van der Waals surface area contributed by atoms with Crippen LogP contribution >= 0.6 is 15.6 Å². The molecule has 17 nitrogen and oxygen atoms in total. The van der Waals surface area contributed by atoms with Crippen LogP contribution in [0.15, 0.2) is 182 Å². The van der Waals surface area contributed by atoms with Crippen LogP contribution in [0.25, 0.3) is 0 Å². The molecule has 0 saturated carbocycles. The number of phosphoric ester groups is 2. The van der Waals surface area contributed by atoms with Crippen molar-refractivity contribution in [3.05, 3.63) is 182 Å². The van der Waals surface area contributed by atoms with Gasteiger partial charge in [-0.3, -0.25) is 37.3 Å². The van der Waals surface area contributed by atoms with Gasteiger partial charge in [0.05, 0.1) is 26.4 Å². The van der Waals surface area contributed by atoms with Gasteiger partial charge >= 0.3 is 39.5 Å². The lowest BCUT2D eigenvalue weighted by atomic mass is 10.1. The quantitative estimate of drug-likeness (QED) is 0.0169. The van der Waals surface area contributed by atoms with Crippen molar-refractivity contribution >= 4 is 39.5 Å². The van der Waals surface area contributed by atoms with Crippen LogP contribution in [0, 0.1) is 0 Å². The smallest absolute Gasteiger partial charge is 0.462 e. The summed E-state index contributed by atoms with van der Waals surface area (Å²) in [7, 11) is -10.0. The Kier molecular flexibility index (Phi) is 73.1. The van der Waals surface area contributed by atoms with E-state index in [4.69, 9.17) is 37.0 Å². The van der Waals surface area contributed by atoms with Gasteiger partial charge in [0, 0.05) is 25.7 Å². The van der Waals surface area contributed by atoms with Crippen molar-refractivity contribution in [1.82, 2.24) is 0 Å². The number of esters is 4. The first-order chi connectivity index (χ1) is 51.7. The summed E-state index contributed by atoms with van der Waals surface area (Å²) in [5.41, 5.74) is 0. The molecule has 0 aromatic heterocycles. The number of hydrogen-bond acceptors (Lipinski definition) is 15. The Balaban J connectivity index is 5.48. The minimum Gasteiger partial charge on any atom is -0.462 e. The highest BCUT2D eigenvalue weighted by molar-refractivity contribution is 7.47. The number of phosphoric acid groups is 2. The molecule has 0 aromatic carbocycles. The standard InChI is InChI=1S/C87H140O17P2/c1-5-9-13-17-21-25-29-33-37-39-40-42-46-48-52-56-60-64-68-72-85(90)98-78-83(104-87(92)74-70-66-62-58-54-50-44-36-32-28-24-20-16-12-8-4)80-102-106(95,96)100-76-81(88)75-99-105(93,94)101-79-82(103-86(91)73-69-65-61-57-53-49-43-35-31-27-23-19-15-11-7-3)77-97-84(89)71-67-63-59-55-51-47-45-41-38-34-30-26-22-18-14-10-6-2/h10-12,14-16,21-28,33-38,40,42-45,47,54-55,58-59,81-83,88H,5-9,13,17-20,29-32,39,41,46,48-53,56-57,60-80H2,1-4H3,(H,93,94)(H,95,96)/b14-10-,15-11-,16-12-,25-21-,26-22-,27-23-,28-24-,37-33-,38-34-,42-40-,43-35-,44-36-,47-45-,58-54-,59-55-. The van der Waals surface area contributed by atoms with Gasteiger partial charge in [0.1, 0.15) is 19.3 Å². The number of aliphatic hydroxyl groups excluding tert-OH is 1. The number of aliphatic hydroxyl groups is 1. The Morgan fingerprint density at radius 2 is 0.500 bits per heavy atom. The third kappa shape index (κ3) is 76.4. The molecular formula is C87H140O17P2. The lowest BCUT2D eigenvalue weighted by Gasteiger charge is -2.21. The molecule has 600 valence electrons. The Hall–Kier alpha value is -5.84. The Morgan fingerprint density at radius 1 is 0.274 bits per heavy atom. The first-order valence-corrected chi connectivity index (χ1v) is 43.0. The highest BCUT2D eigenvalue weighted by Crippen LogP contribution is 2.45. The SMILES string of the molecule is CC/C=C\C/C=C\C/C=C\C/C=C\C/C=C\CCCC(=O)OCC(COP(=O)(O)OCC(O)COP(=O)(O)OCC(COC(=O)CCCCCCCC/C=C\C/C=C\C/C=C\CCCCC)OC(=O)CCCC/C=C\C/C=C\C/C=C\C/C=C\CC)OC(=O)CCCCCCC/C=C\C/C=C\C/C=C\CC. The van der Waals surface area contributed by atoms with Crippen LogP contribution in [0.1, 0.15) is 285 Å². The van der Waals surface area contributed by atoms with Crippen molar-refractivity contribution in [2.24, 2.45) is 0 Å². The number of allylic oxidation sites excluding steroid dienone is 30. The van der Waals surface area contributed by atoms with Crippen LogP contribution in [0.4, 0.5) is 0 Å². The van der Waals surface area contributed by atoms with E-state index < -0.39 is 97.5 Å². The van der Waals surface area contributed by atoms with Gasteiger partial charge < -0.3 is 33.8 Å². The van der Waals surface area contributed by atoms with Crippen LogP contribution in [0.3, 0.4) is 0 Å². The zero-order valence-corrected chi connectivity index (χ0v) is 67.3. The van der Waals surface area contributed by atoms with E-state index in [9.17, 15) is 43.2 Å². The first-order valence-electron chi connectivity index (χ1n) is 40.0. The molecule has 0 aromatic rings. The molecule has 106 heavy (non-hydrogen) atoms. The maximum Gasteiger partial charge on any atom is 0.472 e. The van der Waals surface area contributed by atoms with Gasteiger partial charge in [-0.25, -0.2) is 9.13 Å². The molecule has 5 atom stereocenters. The highest BCUT2D eigenvalue weighted by Gasteiger charge is 2.30. The molecule has 0 saturated heterocycles. The van der Waals surface area contributed by atoms with Gasteiger partial charge in [-0.2, -0.15) is 0 Å². The van der Waals surface area contributed by atoms with E-state index in [1.165, 1.54) is 19.3 Å². The fourth-order valence-corrected chi connectivity index (χ4v) is 11.4. The minimum atomic E-state index is -5.01. The largest absolute Gasteiger partial charge is 0.472 e. The molecule has 5 unspecified atom stereocenters. The highest BCUT2D eigenvalue weighted by atomic mass is 31.2. The van der Waals surface area contributed by atoms with Gasteiger partial charge in [0.2, 0.25) is 0 Å². The molecule has 3 N–H and O–H groups in total. The summed E-state index contributed by atoms with van der Waals surface area (Å²) in [6.45, 7) is 4.34. The summed E-state index contributed by atoms with van der Waals surface area (Å²) >= 11 is 0. The Morgan fingerprint density at radius 3 is 0.811 bits per heavy atom. The Labute approximate surface area is 641 Å². The van der Waals surface area contributed by atoms with E-state index in [1.807, 2.05) is 12.2 Å². The number of hydrogen-bond donors (Lipinski definition) is 3. The van der Waals surface area contributed by atoms with Crippen LogP contribution < -0.4 is 0 Å². The minimum absolute atomic E-state index is 0.0314. The van der Waals surface area contributed by atoms with Crippen molar-refractivity contribution < 1.29 is 80.2 Å². The van der Waals surface area contributed by atoms with Crippen molar-refractivity contribution in [2.45, 2.75) is 303 Å². The molecule has 0 rings (SSSR count). The van der Waals surface area contributed by atoms with E-state index in [1.54, 1.807) is 0 Å². The molecule has 0 aliphatic heterocycles. The maximum absolute atomic E-state index is 13.1. The van der Waals surface area contributed by atoms with Gasteiger partial charge in [-0.15, -0.1) is 0 Å². The normalized spacial score (nSPS) is 14.8. The van der Waals surface area contributed by atoms with E-state index in [2.05, 4.69) is 198 Å². The third-order valence-electron chi connectivity index (χ3n) is 15.8. The zero-order valence-electron chi connectivity index (χ0n) is 65.5. The van der Waals surface area contributed by atoms with Crippen LogP contribution in [-0.4, -0.2) is 96.7 Å². The summed E-state index contributed by atoms with van der Waals surface area (Å²) in [6, 6.07) is 0. The van der Waals surface area contributed by atoms with Crippen molar-refractivity contribution in [1.29, 1.82) is 0 Å². The van der Waals surface area contributed by atoms with E-state index >= 15 is 0 Å². The van der Waals surface area contributed by atoms with Crippen molar-refractivity contribution in [3.63, 3.8) is 0 Å². The topological polar surface area (TPSA) is 237 Å². The molecular weight excluding hydrogens is 1380 g/mol. The second-order valence-corrected chi connectivity index (χ2v) is 28.8. The lowest BCUT2D eigenvalue weighted by Crippen LogP contribution is -2.30. The van der Waals surface area contributed by atoms with Crippen LogP contribution in [0.2, 0.25) is 0 Å². The predicted molar refractivity (Wildman–Crippen MR) is 436 cm³/mol. The monoisotopic (exact) mass is 1520 g/mol. The molecule has 0 amide bonds. The van der Waals surface area contributed by atoms with Gasteiger partial charge in [0.15, 0.2) is 12.2 Å². The molecule has 0 heterocycles. The van der Waals surface area contributed by atoms with Gasteiger partial charge in [0.25, 0.3) is 0 Å². The lowest BCUT2D eigenvalue weighted by molar-refractivity contribution is -0.161. The second kappa shape index (κ2) is 77.3. The average Bonchev–Trinajstić information content (AvgIpc) is 0.928. The zero-order chi connectivity index (χ0) is 77.4. The summed E-state index contributed by atoms with van der Waals surface area (Å²) in [6.07, 6.45) is 93.1. The van der Waals surface area contributed by atoms with E-state index in [0.29, 0.717) is 38.5 Å². The van der Waals surface area contributed by atoms with Crippen LogP contribution in [-0.2, 0) is 65.4 Å². The fraction of sp³-hybridized carbons (Fsp3) is 0.609. The molecule has 0 fully saturated rings. The van der Waals surface area contributed by atoms with Gasteiger partial charge in [-0.1, -0.05) is 268 Å². The van der Waals surface area contributed by atoms with Gasteiger partial charge in [-0.05, 0) is 173 Å². The predicted octanol–water partition coefficient (Wildman–Crippen LogP) is 23.6. The number of carbonyl (C=O) groups is 4. The molecule has 0 aliphatic carbocycles. The van der Waals surface area contributed by atoms with Crippen molar-refractivity contribution in [3.8, 4) is 0 Å². The molecule has 0 aliphatic rings. The van der Waals surface area contributed by atoms with Crippen molar-refractivity contribution in [2.75, 3.05) is 39.6 Å². The Bertz CT molecular complexity index is 2730. The molecule has 0 radical (unpaired) electrons. The molecule has 0 spiro atoms. The number of rotatable bonds is 73. The summed E-state index contributed by atoms with van der Waals surface area (Å²) < 4.78 is 68.5. The van der Waals surface area contributed by atoms with Crippen LogP contribution in [0.5, 0.6) is 0 Å². The molecule has 19 heteroatoms. The second-order valence-electron chi connectivity index (χ2n) is 25.9. The molecule has 0 bridgehead atoms. The number of unbranched alkanes of at least 4 members (excludes halogenated alkanes) is 17. The summed E-state index contributed by atoms with van der Waals surface area (Å²) in [4.78, 5) is 73.0.